The zero-order valence-corrected chi connectivity index (χ0v) is 12.3. The van der Waals surface area contributed by atoms with Crippen LogP contribution in [0, 0.1) is 0 Å². The topological polar surface area (TPSA) is 54.4 Å². The Morgan fingerprint density at radius 1 is 0.727 bits per heavy atom. The summed E-state index contributed by atoms with van der Waals surface area (Å²) in [5.41, 5.74) is 0. The van der Waals surface area contributed by atoms with Crippen molar-refractivity contribution in [3.63, 3.8) is 0 Å². The zero-order valence-electron chi connectivity index (χ0n) is 11.5. The van der Waals surface area contributed by atoms with Gasteiger partial charge in [-0.25, -0.2) is 0 Å². The molecular weight excluding hydrogens is 361 g/mol. The van der Waals surface area contributed by atoms with Crippen molar-refractivity contribution in [3.05, 3.63) is 0 Å². The van der Waals surface area contributed by atoms with Crippen LogP contribution in [-0.4, -0.2) is 68.9 Å². The first-order valence-electron chi connectivity index (χ1n) is 4.96. The minimum Gasteiger partial charge on any atom is -0.333 e. The molecule has 0 aromatic heterocycles. The molecule has 0 heterocycles. The van der Waals surface area contributed by atoms with Crippen LogP contribution < -0.4 is 0 Å². The van der Waals surface area contributed by atoms with Gasteiger partial charge in [0.15, 0.2) is 0 Å². The van der Waals surface area contributed by atoms with E-state index < -0.39 is 33.4 Å². The Hall–Kier alpha value is -0.760. The van der Waals surface area contributed by atoms with E-state index in [-0.39, 0.29) is 0 Å². The number of quaternary nitrogens is 1. The van der Waals surface area contributed by atoms with Gasteiger partial charge in [0.25, 0.3) is 0 Å². The average molecular weight is 374 g/mol. The van der Waals surface area contributed by atoms with E-state index >= 15 is 0 Å². The highest BCUT2D eigenvalue weighted by Gasteiger charge is 2.85. The number of rotatable bonds is 3. The summed E-state index contributed by atoms with van der Waals surface area (Å²) in [6.45, 7) is 0. The van der Waals surface area contributed by atoms with Crippen LogP contribution in [0.15, 0.2) is 0 Å². The number of hydrogen-bond donors (Lipinski definition) is 1. The highest BCUT2D eigenvalue weighted by atomic mass is 32.2. The van der Waals surface area contributed by atoms with Gasteiger partial charge in [0, 0.05) is 0 Å². The van der Waals surface area contributed by atoms with Gasteiger partial charge in [-0.1, -0.05) is 0 Å². The first kappa shape index (κ1) is 23.5. The van der Waals surface area contributed by atoms with Gasteiger partial charge in [-0.05, 0) is 0 Å². The Morgan fingerprint density at radius 2 is 0.955 bits per heavy atom. The average Bonchev–Trinajstić information content (AvgIpc) is 2.10. The summed E-state index contributed by atoms with van der Waals surface area (Å²) in [4.78, 5) is 0. The third-order valence-electron chi connectivity index (χ3n) is 1.44. The van der Waals surface area contributed by atoms with E-state index in [9.17, 15) is 47.9 Å². The number of hydrogen-bond acceptors (Lipinski definition) is 2. The van der Waals surface area contributed by atoms with Crippen LogP contribution in [0.4, 0.5) is 39.5 Å². The van der Waals surface area contributed by atoms with Gasteiger partial charge >= 0.3 is 33.4 Å². The lowest BCUT2D eigenvalue weighted by Crippen LogP contribution is -2.63. The van der Waals surface area contributed by atoms with Gasteiger partial charge in [0.2, 0.25) is 0 Å². The molecular formula is C8H13F9NO3S+. The molecule has 0 spiro atoms. The van der Waals surface area contributed by atoms with Crippen molar-refractivity contribution in [2.24, 2.45) is 0 Å². The molecule has 0 aliphatic carbocycles. The molecule has 0 amide bonds. The summed E-state index contributed by atoms with van der Waals surface area (Å²) in [5, 5.41) is -7.00. The molecule has 0 aromatic rings. The van der Waals surface area contributed by atoms with Crippen molar-refractivity contribution >= 4 is 10.1 Å². The summed E-state index contributed by atoms with van der Waals surface area (Å²) in [6.07, 6.45) is -7.13. The number of nitrogens with zero attached hydrogens (tertiary/aromatic N) is 1. The molecule has 14 heteroatoms. The van der Waals surface area contributed by atoms with E-state index in [1.165, 1.54) is 0 Å². The summed E-state index contributed by atoms with van der Waals surface area (Å²) in [6, 6.07) is 0. The van der Waals surface area contributed by atoms with Gasteiger partial charge < -0.3 is 4.48 Å². The minimum absolute atomic E-state index is 1.00. The van der Waals surface area contributed by atoms with Crippen LogP contribution in [0.2, 0.25) is 0 Å². The molecule has 0 bridgehead atoms. The molecule has 136 valence electrons. The molecule has 0 unspecified atom stereocenters. The van der Waals surface area contributed by atoms with Crippen LogP contribution in [-0.2, 0) is 10.1 Å². The molecule has 0 fully saturated rings. The van der Waals surface area contributed by atoms with Gasteiger partial charge in [0.05, 0.1) is 28.2 Å². The maximum atomic E-state index is 12.2. The largest absolute Gasteiger partial charge is 0.460 e. The van der Waals surface area contributed by atoms with E-state index in [0.717, 1.165) is 4.48 Å². The van der Waals surface area contributed by atoms with E-state index in [4.69, 9.17) is 4.55 Å². The molecule has 1 N–H and O–H groups in total. The lowest BCUT2D eigenvalue weighted by Gasteiger charge is -2.31. The second kappa shape index (κ2) is 6.03. The fourth-order valence-electron chi connectivity index (χ4n) is 0.523. The first-order chi connectivity index (χ1) is 9.00. The molecule has 0 radical (unpaired) electrons. The van der Waals surface area contributed by atoms with Crippen LogP contribution in [0.3, 0.4) is 0 Å². The highest BCUT2D eigenvalue weighted by molar-refractivity contribution is 7.87. The van der Waals surface area contributed by atoms with E-state index in [2.05, 4.69) is 28.2 Å². The first-order valence-corrected chi connectivity index (χ1v) is 6.40. The fraction of sp³-hybridized carbons (Fsp3) is 1.00. The fourth-order valence-corrected chi connectivity index (χ4v) is 0.975. The van der Waals surface area contributed by atoms with Crippen LogP contribution >= 0.6 is 0 Å². The summed E-state index contributed by atoms with van der Waals surface area (Å²) in [5.74, 6) is -14.7. The molecule has 0 saturated carbocycles. The summed E-state index contributed by atoms with van der Waals surface area (Å²) in [7, 11) is 1.33. The highest BCUT2D eigenvalue weighted by Crippen LogP contribution is 2.54. The maximum Gasteiger partial charge on any atom is 0.460 e. The molecule has 0 atom stereocenters. The van der Waals surface area contributed by atoms with Crippen molar-refractivity contribution < 1.29 is 57.0 Å². The van der Waals surface area contributed by atoms with Crippen molar-refractivity contribution in [2.45, 2.75) is 23.3 Å². The molecule has 22 heavy (non-hydrogen) atoms. The molecule has 0 aliphatic heterocycles. The third kappa shape index (κ3) is 5.15. The predicted octanol–water partition coefficient (Wildman–Crippen LogP) is 2.62. The van der Waals surface area contributed by atoms with E-state index in [1.54, 1.807) is 0 Å². The lowest BCUT2D eigenvalue weighted by atomic mass is 10.1. The Kier molecular flexibility index (Phi) is 6.45. The lowest BCUT2D eigenvalue weighted by molar-refractivity contribution is -0.849. The standard InChI is InChI=1S/C4HF9O3S.C4H12N/c5-1(6,3(9,10)11)2(7,8)4(12,13)17(14,15)16;1-5(2,3)4/h(H,14,15,16);1-4H3/q;+1. The smallest absolute Gasteiger partial charge is 0.333 e. The van der Waals surface area contributed by atoms with Gasteiger partial charge in [-0.15, -0.1) is 0 Å². The summed E-state index contributed by atoms with van der Waals surface area (Å²) >= 11 is 0. The van der Waals surface area contributed by atoms with Crippen molar-refractivity contribution in [1.29, 1.82) is 0 Å². The van der Waals surface area contributed by atoms with E-state index in [0.29, 0.717) is 0 Å². The van der Waals surface area contributed by atoms with Crippen molar-refractivity contribution in [1.82, 2.24) is 0 Å². The maximum absolute atomic E-state index is 12.2. The van der Waals surface area contributed by atoms with Gasteiger partial charge in [-0.3, -0.25) is 4.55 Å². The monoisotopic (exact) mass is 374 g/mol. The van der Waals surface area contributed by atoms with E-state index in [1.807, 2.05) is 0 Å². The quantitative estimate of drug-likeness (QED) is 0.470. The van der Waals surface area contributed by atoms with Gasteiger partial charge in [0.1, 0.15) is 0 Å². The Morgan fingerprint density at radius 3 is 1.09 bits per heavy atom. The minimum atomic E-state index is -7.37. The second-order valence-corrected chi connectivity index (χ2v) is 6.78. The van der Waals surface area contributed by atoms with Crippen LogP contribution in [0.1, 0.15) is 0 Å². The Bertz CT molecular complexity index is 472. The van der Waals surface area contributed by atoms with Crippen LogP contribution in [0.5, 0.6) is 0 Å². The number of alkyl halides is 9. The van der Waals surface area contributed by atoms with Gasteiger partial charge in [-0.2, -0.15) is 47.9 Å². The Labute approximate surface area is 119 Å². The second-order valence-electron chi connectivity index (χ2n) is 5.32. The van der Waals surface area contributed by atoms with Crippen LogP contribution in [0.25, 0.3) is 0 Å². The normalized spacial score (nSPS) is 15.2. The molecule has 4 nitrogen and oxygen atoms in total. The molecule has 0 rings (SSSR count). The number of halogens is 9. The van der Waals surface area contributed by atoms with Crippen molar-refractivity contribution in [3.8, 4) is 0 Å². The molecule has 0 aromatic carbocycles. The SMILES string of the molecule is C[N+](C)(C)C.O=S(=O)(O)C(F)(F)C(F)(F)C(F)(F)C(F)(F)F. The van der Waals surface area contributed by atoms with Crippen molar-refractivity contribution in [2.75, 3.05) is 28.2 Å². The summed E-state index contributed by atoms with van der Waals surface area (Å²) < 4.78 is 135. The molecule has 0 aliphatic rings. The predicted molar refractivity (Wildman–Crippen MR) is 56.4 cm³/mol. The Balaban J connectivity index is 0. The third-order valence-corrected chi connectivity index (χ3v) is 2.34. The molecule has 0 saturated heterocycles. The zero-order chi connectivity index (χ0) is 19.0.